The van der Waals surface area contributed by atoms with E-state index in [2.05, 4.69) is 31.1 Å². The lowest BCUT2D eigenvalue weighted by Gasteiger charge is -2.33. The molecule has 3 atom stereocenters. The van der Waals surface area contributed by atoms with Crippen LogP contribution in [0.5, 0.6) is 0 Å². The fraction of sp³-hybridized carbons (Fsp3) is 0.500. The maximum Gasteiger partial charge on any atom is 0.251 e. The Hall–Kier alpha value is -1.77. The summed E-state index contributed by atoms with van der Waals surface area (Å²) < 4.78 is 0. The molecule has 0 radical (unpaired) electrons. The lowest BCUT2D eigenvalue weighted by Crippen LogP contribution is -2.30. The van der Waals surface area contributed by atoms with Crippen molar-refractivity contribution in [2.24, 2.45) is 11.8 Å². The highest BCUT2D eigenvalue weighted by atomic mass is 16.1. The third-order valence-corrected chi connectivity index (χ3v) is 4.52. The zero-order valence-corrected chi connectivity index (χ0v) is 13.1. The smallest absolute Gasteiger partial charge is 0.251 e. The quantitative estimate of drug-likeness (QED) is 0.807. The van der Waals surface area contributed by atoms with Crippen molar-refractivity contribution >= 4 is 11.6 Å². The molecular weight excluding hydrogens is 260 g/mol. The van der Waals surface area contributed by atoms with Gasteiger partial charge in [0.05, 0.1) is 0 Å². The number of hydrogen-bond donors (Lipinski definition) is 2. The van der Waals surface area contributed by atoms with E-state index < -0.39 is 0 Å². The minimum absolute atomic E-state index is 0.0541. The molecule has 0 bridgehead atoms. The van der Waals surface area contributed by atoms with Crippen LogP contribution in [0.25, 0.3) is 0 Å². The zero-order valence-electron chi connectivity index (χ0n) is 13.1. The van der Waals surface area contributed by atoms with E-state index in [1.807, 2.05) is 24.3 Å². The fourth-order valence-corrected chi connectivity index (χ4v) is 2.90. The summed E-state index contributed by atoms with van der Waals surface area (Å²) in [6.07, 6.45) is 5.43. The maximum absolute atomic E-state index is 11.8. The van der Waals surface area contributed by atoms with Crippen LogP contribution in [0.3, 0.4) is 0 Å². The third-order valence-electron chi connectivity index (χ3n) is 4.52. The molecule has 21 heavy (non-hydrogen) atoms. The third kappa shape index (κ3) is 4.35. The van der Waals surface area contributed by atoms with Gasteiger partial charge in [-0.2, -0.15) is 0 Å². The second-order valence-corrected chi connectivity index (χ2v) is 6.18. The van der Waals surface area contributed by atoms with Crippen molar-refractivity contribution < 1.29 is 4.79 Å². The van der Waals surface area contributed by atoms with Crippen LogP contribution in [0.15, 0.2) is 36.9 Å². The lowest BCUT2D eigenvalue weighted by atomic mass is 9.79. The van der Waals surface area contributed by atoms with Gasteiger partial charge in [-0.3, -0.25) is 4.79 Å². The Morgan fingerprint density at radius 3 is 2.57 bits per heavy atom. The second kappa shape index (κ2) is 7.30. The van der Waals surface area contributed by atoms with Gasteiger partial charge in [0.2, 0.25) is 0 Å². The van der Waals surface area contributed by atoms with E-state index in [9.17, 15) is 4.79 Å². The molecule has 0 heterocycles. The molecule has 0 aliphatic heterocycles. The van der Waals surface area contributed by atoms with Gasteiger partial charge in [0.15, 0.2) is 0 Å². The Bertz CT molecular complexity index is 480. The maximum atomic E-state index is 11.8. The highest BCUT2D eigenvalue weighted by molar-refractivity contribution is 5.94. The minimum Gasteiger partial charge on any atom is -0.382 e. The monoisotopic (exact) mass is 286 g/mol. The van der Waals surface area contributed by atoms with Crippen molar-refractivity contribution in [2.75, 3.05) is 11.9 Å². The predicted molar refractivity (Wildman–Crippen MR) is 88.6 cm³/mol. The summed E-state index contributed by atoms with van der Waals surface area (Å²) >= 11 is 0. The molecule has 1 fully saturated rings. The Kier molecular flexibility index (Phi) is 5.43. The van der Waals surface area contributed by atoms with E-state index in [1.165, 1.54) is 19.3 Å². The minimum atomic E-state index is -0.0541. The van der Waals surface area contributed by atoms with Gasteiger partial charge >= 0.3 is 0 Å². The van der Waals surface area contributed by atoms with E-state index >= 15 is 0 Å². The molecule has 0 aromatic heterocycles. The van der Waals surface area contributed by atoms with E-state index in [0.717, 1.165) is 17.5 Å². The summed E-state index contributed by atoms with van der Waals surface area (Å²) in [5.41, 5.74) is 1.79. The summed E-state index contributed by atoms with van der Waals surface area (Å²) in [4.78, 5) is 11.8. The number of anilines is 1. The molecule has 0 spiro atoms. The average Bonchev–Trinajstić information content (AvgIpc) is 2.49. The van der Waals surface area contributed by atoms with E-state index in [-0.39, 0.29) is 5.91 Å². The van der Waals surface area contributed by atoms with E-state index in [1.54, 1.807) is 6.08 Å². The topological polar surface area (TPSA) is 41.1 Å². The molecule has 1 aromatic rings. The predicted octanol–water partition coefficient (Wildman–Crippen LogP) is 3.84. The molecule has 2 rings (SSSR count). The van der Waals surface area contributed by atoms with Crippen LogP contribution in [0, 0.1) is 11.8 Å². The van der Waals surface area contributed by atoms with Gasteiger partial charge in [-0.25, -0.2) is 0 Å². The zero-order chi connectivity index (χ0) is 15.2. The lowest BCUT2D eigenvalue weighted by molar-refractivity contribution is 0.0958. The van der Waals surface area contributed by atoms with Crippen LogP contribution in [-0.4, -0.2) is 18.5 Å². The number of carbonyl (C=O) groups is 1. The first-order valence-electron chi connectivity index (χ1n) is 7.86. The average molecular weight is 286 g/mol. The summed E-state index contributed by atoms with van der Waals surface area (Å²) in [5.74, 6) is 1.56. The first-order chi connectivity index (χ1) is 10.1. The van der Waals surface area contributed by atoms with Crippen molar-refractivity contribution in [3.63, 3.8) is 0 Å². The summed E-state index contributed by atoms with van der Waals surface area (Å²) in [6, 6.07) is 8.28. The van der Waals surface area contributed by atoms with Gasteiger partial charge < -0.3 is 10.6 Å². The number of nitrogens with one attached hydrogen (secondary N) is 2. The highest BCUT2D eigenvalue weighted by Crippen LogP contribution is 2.31. The number of benzene rings is 1. The largest absolute Gasteiger partial charge is 0.382 e. The van der Waals surface area contributed by atoms with Gasteiger partial charge in [0.1, 0.15) is 0 Å². The summed E-state index contributed by atoms with van der Waals surface area (Å²) in [7, 11) is 0. The first-order valence-corrected chi connectivity index (χ1v) is 7.86. The fourth-order valence-electron chi connectivity index (χ4n) is 2.90. The molecule has 1 saturated carbocycles. The standard InChI is InChI=1S/C18H26N2O/c1-4-11-19-18(21)15-6-9-16(10-7-15)20-17-8-5-13(2)14(3)12-17/h4,6-7,9-10,13-14,17,20H,1,5,8,11-12H2,2-3H3,(H,19,21). The molecule has 1 aliphatic rings. The van der Waals surface area contributed by atoms with E-state index in [0.29, 0.717) is 18.2 Å². The molecule has 1 aliphatic carbocycles. The molecular formula is C18H26N2O. The number of rotatable bonds is 5. The van der Waals surface area contributed by atoms with Gasteiger partial charge in [-0.05, 0) is 55.4 Å². The van der Waals surface area contributed by atoms with E-state index in [4.69, 9.17) is 0 Å². The normalized spacial score (nSPS) is 25.1. The van der Waals surface area contributed by atoms with Gasteiger partial charge in [0.25, 0.3) is 5.91 Å². The van der Waals surface area contributed by atoms with Crippen molar-refractivity contribution in [3.8, 4) is 0 Å². The van der Waals surface area contributed by atoms with Crippen molar-refractivity contribution in [3.05, 3.63) is 42.5 Å². The Balaban J connectivity index is 1.90. The molecule has 3 heteroatoms. The molecule has 2 N–H and O–H groups in total. The van der Waals surface area contributed by atoms with Crippen LogP contribution in [0.4, 0.5) is 5.69 Å². The first kappa shape index (κ1) is 15.6. The Morgan fingerprint density at radius 2 is 1.95 bits per heavy atom. The van der Waals surface area contributed by atoms with Crippen molar-refractivity contribution in [1.82, 2.24) is 5.32 Å². The molecule has 114 valence electrons. The Labute approximate surface area is 127 Å². The molecule has 3 unspecified atom stereocenters. The number of amides is 1. The Morgan fingerprint density at radius 1 is 1.24 bits per heavy atom. The van der Waals surface area contributed by atoms with Gasteiger partial charge in [-0.1, -0.05) is 19.9 Å². The SMILES string of the molecule is C=CCNC(=O)c1ccc(NC2CCC(C)C(C)C2)cc1. The summed E-state index contributed by atoms with van der Waals surface area (Å²) in [6.45, 7) is 8.77. The van der Waals surface area contributed by atoms with Crippen molar-refractivity contribution in [1.29, 1.82) is 0 Å². The van der Waals surface area contributed by atoms with Crippen LogP contribution in [-0.2, 0) is 0 Å². The molecule has 3 nitrogen and oxygen atoms in total. The highest BCUT2D eigenvalue weighted by Gasteiger charge is 2.24. The van der Waals surface area contributed by atoms with Gasteiger partial charge in [-0.15, -0.1) is 6.58 Å². The van der Waals surface area contributed by atoms with Crippen molar-refractivity contribution in [2.45, 2.75) is 39.2 Å². The molecule has 1 amide bonds. The summed E-state index contributed by atoms with van der Waals surface area (Å²) in [5, 5.41) is 6.38. The van der Waals surface area contributed by atoms with Crippen LogP contribution >= 0.6 is 0 Å². The molecule has 0 saturated heterocycles. The second-order valence-electron chi connectivity index (χ2n) is 6.18. The number of hydrogen-bond acceptors (Lipinski definition) is 2. The number of carbonyl (C=O) groups excluding carboxylic acids is 1. The van der Waals surface area contributed by atoms with Crippen LogP contribution in [0.1, 0.15) is 43.5 Å². The molecule has 1 aromatic carbocycles. The van der Waals surface area contributed by atoms with Crippen LogP contribution < -0.4 is 10.6 Å². The van der Waals surface area contributed by atoms with Gasteiger partial charge in [0, 0.05) is 23.8 Å². The van der Waals surface area contributed by atoms with Crippen LogP contribution in [0.2, 0.25) is 0 Å².